The quantitative estimate of drug-likeness (QED) is 0.735. The Hall–Kier alpha value is -0.870. The number of likely N-dealkylation sites (tertiary alicyclic amines) is 1. The zero-order valence-corrected chi connectivity index (χ0v) is 11.3. The Bertz CT molecular complexity index is 300. The van der Waals surface area contributed by atoms with E-state index in [4.69, 9.17) is 5.11 Å². The predicted molar refractivity (Wildman–Crippen MR) is 69.1 cm³/mol. The van der Waals surface area contributed by atoms with E-state index < -0.39 is 5.97 Å². The maximum absolute atomic E-state index is 10.9. The van der Waals surface area contributed by atoms with Crippen molar-refractivity contribution >= 4 is 5.97 Å². The van der Waals surface area contributed by atoms with Gasteiger partial charge in [-0.1, -0.05) is 19.9 Å². The molecule has 0 saturated carbocycles. The fraction of sp³-hybridized carbons (Fsp3) is 0.769. The first-order chi connectivity index (χ1) is 7.95. The second-order valence-electron chi connectivity index (χ2n) is 5.11. The van der Waals surface area contributed by atoms with Gasteiger partial charge in [0, 0.05) is 31.2 Å². The number of nitrogens with zero attached hydrogens (tertiary/aromatic N) is 2. The van der Waals surface area contributed by atoms with Crippen LogP contribution >= 0.6 is 0 Å². The van der Waals surface area contributed by atoms with Gasteiger partial charge in [0.2, 0.25) is 0 Å². The van der Waals surface area contributed by atoms with E-state index >= 15 is 0 Å². The average Bonchev–Trinajstić information content (AvgIpc) is 2.60. The lowest BCUT2D eigenvalue weighted by molar-refractivity contribution is -0.132. The molecule has 1 heterocycles. The van der Waals surface area contributed by atoms with Gasteiger partial charge in [-0.15, -0.1) is 0 Å². The van der Waals surface area contributed by atoms with Gasteiger partial charge in [0.1, 0.15) is 0 Å². The van der Waals surface area contributed by atoms with E-state index in [0.29, 0.717) is 24.0 Å². The van der Waals surface area contributed by atoms with E-state index in [0.717, 1.165) is 19.6 Å². The van der Waals surface area contributed by atoms with E-state index in [1.807, 2.05) is 13.0 Å². The molecular weight excluding hydrogens is 216 g/mol. The number of aliphatic carboxylic acids is 1. The number of carbonyl (C=O) groups is 1. The first kappa shape index (κ1) is 14.2. The van der Waals surface area contributed by atoms with Gasteiger partial charge in [-0.25, -0.2) is 4.79 Å². The standard InChI is InChI=1S/C13H24N2O2/c1-5-11(13(16)17)6-7-15-8-10(2)12(9-15)14(3)4/h6,10,12H,5,7-9H2,1-4H3,(H,16,17). The summed E-state index contributed by atoms with van der Waals surface area (Å²) in [5.41, 5.74) is 0.519. The Morgan fingerprint density at radius 2 is 2.12 bits per heavy atom. The van der Waals surface area contributed by atoms with Gasteiger partial charge in [0.15, 0.2) is 0 Å². The van der Waals surface area contributed by atoms with Gasteiger partial charge in [-0.3, -0.25) is 4.90 Å². The average molecular weight is 240 g/mol. The second kappa shape index (κ2) is 6.17. The third-order valence-corrected chi connectivity index (χ3v) is 3.56. The fourth-order valence-corrected chi connectivity index (χ4v) is 2.49. The van der Waals surface area contributed by atoms with Crippen molar-refractivity contribution in [1.82, 2.24) is 9.80 Å². The molecule has 0 radical (unpaired) electrons. The first-order valence-corrected chi connectivity index (χ1v) is 6.26. The lowest BCUT2D eigenvalue weighted by Gasteiger charge is -2.22. The molecule has 98 valence electrons. The van der Waals surface area contributed by atoms with Gasteiger partial charge in [0.25, 0.3) is 0 Å². The van der Waals surface area contributed by atoms with Crippen LogP contribution in [0.25, 0.3) is 0 Å². The van der Waals surface area contributed by atoms with Crippen LogP contribution in [0.5, 0.6) is 0 Å². The van der Waals surface area contributed by atoms with Crippen molar-refractivity contribution in [3.63, 3.8) is 0 Å². The summed E-state index contributed by atoms with van der Waals surface area (Å²) in [6.45, 7) is 6.98. The normalized spacial score (nSPS) is 26.8. The molecule has 1 aliphatic rings. The molecule has 0 aromatic carbocycles. The van der Waals surface area contributed by atoms with Crippen LogP contribution < -0.4 is 0 Å². The summed E-state index contributed by atoms with van der Waals surface area (Å²) in [4.78, 5) is 15.5. The van der Waals surface area contributed by atoms with Crippen molar-refractivity contribution < 1.29 is 9.90 Å². The molecule has 1 saturated heterocycles. The monoisotopic (exact) mass is 240 g/mol. The predicted octanol–water partition coefficient (Wildman–Crippen LogP) is 1.29. The van der Waals surface area contributed by atoms with Crippen LogP contribution in [0.2, 0.25) is 0 Å². The molecule has 1 N–H and O–H groups in total. The molecule has 2 atom stereocenters. The minimum absolute atomic E-state index is 0.519. The third-order valence-electron chi connectivity index (χ3n) is 3.56. The van der Waals surface area contributed by atoms with Crippen LogP contribution in [-0.4, -0.2) is 60.6 Å². The largest absolute Gasteiger partial charge is 0.478 e. The SMILES string of the molecule is CCC(=CCN1CC(C)C(N(C)C)C1)C(=O)O. The molecule has 1 rings (SSSR count). The number of carboxylic acids is 1. The fourth-order valence-electron chi connectivity index (χ4n) is 2.49. The summed E-state index contributed by atoms with van der Waals surface area (Å²) >= 11 is 0. The summed E-state index contributed by atoms with van der Waals surface area (Å²) in [6.07, 6.45) is 2.45. The van der Waals surface area contributed by atoms with E-state index in [2.05, 4.69) is 30.8 Å². The maximum atomic E-state index is 10.9. The van der Waals surface area contributed by atoms with Crippen molar-refractivity contribution in [2.24, 2.45) is 5.92 Å². The van der Waals surface area contributed by atoms with Crippen LogP contribution in [0.1, 0.15) is 20.3 Å². The van der Waals surface area contributed by atoms with E-state index in [9.17, 15) is 4.79 Å². The number of hydrogen-bond donors (Lipinski definition) is 1. The highest BCUT2D eigenvalue weighted by molar-refractivity contribution is 5.86. The Morgan fingerprint density at radius 3 is 2.53 bits per heavy atom. The molecule has 0 aromatic heterocycles. The molecule has 4 heteroatoms. The van der Waals surface area contributed by atoms with Crippen LogP contribution in [0.4, 0.5) is 0 Å². The summed E-state index contributed by atoms with van der Waals surface area (Å²) in [6, 6.07) is 0.582. The molecule has 1 fully saturated rings. The summed E-state index contributed by atoms with van der Waals surface area (Å²) in [5, 5.41) is 8.94. The first-order valence-electron chi connectivity index (χ1n) is 6.26. The van der Waals surface area contributed by atoms with Gasteiger partial charge in [-0.05, 0) is 26.4 Å². The molecular formula is C13H24N2O2. The second-order valence-corrected chi connectivity index (χ2v) is 5.11. The van der Waals surface area contributed by atoms with Gasteiger partial charge in [-0.2, -0.15) is 0 Å². The highest BCUT2D eigenvalue weighted by Crippen LogP contribution is 2.19. The summed E-state index contributed by atoms with van der Waals surface area (Å²) in [7, 11) is 4.21. The Morgan fingerprint density at radius 1 is 1.47 bits per heavy atom. The summed E-state index contributed by atoms with van der Waals surface area (Å²) < 4.78 is 0. The van der Waals surface area contributed by atoms with Crippen molar-refractivity contribution in [3.8, 4) is 0 Å². The van der Waals surface area contributed by atoms with Crippen molar-refractivity contribution in [3.05, 3.63) is 11.6 Å². The minimum Gasteiger partial charge on any atom is -0.478 e. The van der Waals surface area contributed by atoms with Gasteiger partial charge >= 0.3 is 5.97 Å². The molecule has 0 spiro atoms. The Balaban J connectivity index is 2.52. The van der Waals surface area contributed by atoms with Crippen LogP contribution in [0.3, 0.4) is 0 Å². The number of hydrogen-bond acceptors (Lipinski definition) is 3. The van der Waals surface area contributed by atoms with Crippen molar-refractivity contribution in [2.45, 2.75) is 26.3 Å². The molecule has 0 aromatic rings. The third kappa shape index (κ3) is 3.82. The van der Waals surface area contributed by atoms with Crippen molar-refractivity contribution in [1.29, 1.82) is 0 Å². The molecule has 4 nitrogen and oxygen atoms in total. The van der Waals surface area contributed by atoms with E-state index in [-0.39, 0.29) is 0 Å². The highest BCUT2D eigenvalue weighted by Gasteiger charge is 2.30. The topological polar surface area (TPSA) is 43.8 Å². The molecule has 2 unspecified atom stereocenters. The lowest BCUT2D eigenvalue weighted by Crippen LogP contribution is -2.34. The molecule has 0 bridgehead atoms. The van der Waals surface area contributed by atoms with Gasteiger partial charge in [0.05, 0.1) is 0 Å². The Labute approximate surface area is 104 Å². The van der Waals surface area contributed by atoms with Crippen molar-refractivity contribution in [2.75, 3.05) is 33.7 Å². The number of likely N-dealkylation sites (N-methyl/N-ethyl adjacent to an activating group) is 1. The molecule has 17 heavy (non-hydrogen) atoms. The van der Waals surface area contributed by atoms with Gasteiger partial charge < -0.3 is 10.0 Å². The van der Waals surface area contributed by atoms with E-state index in [1.54, 1.807) is 0 Å². The van der Waals surface area contributed by atoms with Crippen LogP contribution in [0.15, 0.2) is 11.6 Å². The number of rotatable bonds is 5. The zero-order valence-electron chi connectivity index (χ0n) is 11.3. The molecule has 0 aliphatic carbocycles. The smallest absolute Gasteiger partial charge is 0.331 e. The van der Waals surface area contributed by atoms with Crippen LogP contribution in [0, 0.1) is 5.92 Å². The zero-order chi connectivity index (χ0) is 13.0. The number of carboxylic acid groups (broad SMARTS) is 1. The minimum atomic E-state index is -0.788. The maximum Gasteiger partial charge on any atom is 0.331 e. The van der Waals surface area contributed by atoms with Crippen LogP contribution in [-0.2, 0) is 4.79 Å². The molecule has 1 aliphatic heterocycles. The lowest BCUT2D eigenvalue weighted by atomic mass is 10.1. The summed E-state index contributed by atoms with van der Waals surface area (Å²) in [5.74, 6) is -0.141. The molecule has 0 amide bonds. The highest BCUT2D eigenvalue weighted by atomic mass is 16.4. The Kier molecular flexibility index (Phi) is 5.15. The van der Waals surface area contributed by atoms with E-state index in [1.165, 1.54) is 0 Å².